The van der Waals surface area contributed by atoms with Gasteiger partial charge in [-0.1, -0.05) is 29.8 Å². The first-order chi connectivity index (χ1) is 10.4. The molecule has 0 fully saturated rings. The lowest BCUT2D eigenvalue weighted by Crippen LogP contribution is -2.31. The summed E-state index contributed by atoms with van der Waals surface area (Å²) in [5.41, 5.74) is 7.47. The molecule has 0 radical (unpaired) electrons. The highest BCUT2D eigenvalue weighted by Crippen LogP contribution is 2.21. The highest BCUT2D eigenvalue weighted by atomic mass is 32.1. The SMILES string of the molecule is Cc1ccc(NC(=S)N[C@H](C)c2cc(C)c(C)cc2C)cc1. The van der Waals surface area contributed by atoms with Crippen LogP contribution in [-0.4, -0.2) is 5.11 Å². The summed E-state index contributed by atoms with van der Waals surface area (Å²) in [4.78, 5) is 0. The zero-order valence-electron chi connectivity index (χ0n) is 13.9. The number of hydrogen-bond acceptors (Lipinski definition) is 1. The van der Waals surface area contributed by atoms with E-state index in [2.05, 4.69) is 69.5 Å². The van der Waals surface area contributed by atoms with Gasteiger partial charge in [-0.25, -0.2) is 0 Å². The fourth-order valence-corrected chi connectivity index (χ4v) is 2.82. The fraction of sp³-hybridized carbons (Fsp3) is 0.316. The second-order valence-electron chi connectivity index (χ2n) is 5.98. The topological polar surface area (TPSA) is 24.1 Å². The molecule has 2 aromatic carbocycles. The van der Waals surface area contributed by atoms with Gasteiger partial charge in [0.1, 0.15) is 0 Å². The van der Waals surface area contributed by atoms with Crippen LogP contribution in [0.25, 0.3) is 0 Å². The Balaban J connectivity index is 2.05. The summed E-state index contributed by atoms with van der Waals surface area (Å²) >= 11 is 5.42. The van der Waals surface area contributed by atoms with Crippen LogP contribution in [0.1, 0.15) is 40.8 Å². The Kier molecular flexibility index (Phi) is 5.19. The Morgan fingerprint density at radius 3 is 2.14 bits per heavy atom. The molecular formula is C19H24N2S. The molecule has 0 aliphatic rings. The Hall–Kier alpha value is -1.87. The second kappa shape index (κ2) is 6.93. The number of nitrogens with one attached hydrogen (secondary N) is 2. The van der Waals surface area contributed by atoms with Crippen LogP contribution in [0.2, 0.25) is 0 Å². The molecular weight excluding hydrogens is 288 g/mol. The largest absolute Gasteiger partial charge is 0.356 e. The fourth-order valence-electron chi connectivity index (χ4n) is 2.53. The van der Waals surface area contributed by atoms with Crippen molar-refractivity contribution in [1.29, 1.82) is 0 Å². The van der Waals surface area contributed by atoms with Crippen LogP contribution in [-0.2, 0) is 0 Å². The van der Waals surface area contributed by atoms with Gasteiger partial charge in [0.25, 0.3) is 0 Å². The summed E-state index contributed by atoms with van der Waals surface area (Å²) in [5, 5.41) is 7.25. The molecule has 22 heavy (non-hydrogen) atoms. The molecule has 0 spiro atoms. The van der Waals surface area contributed by atoms with Gasteiger partial charge in [0.2, 0.25) is 0 Å². The molecule has 1 atom stereocenters. The minimum atomic E-state index is 0.171. The molecule has 2 N–H and O–H groups in total. The Bertz CT molecular complexity index is 675. The summed E-state index contributed by atoms with van der Waals surface area (Å²) in [6, 6.07) is 12.9. The summed E-state index contributed by atoms with van der Waals surface area (Å²) in [6.07, 6.45) is 0. The van der Waals surface area contributed by atoms with E-state index in [0.29, 0.717) is 5.11 Å². The van der Waals surface area contributed by atoms with Crippen molar-refractivity contribution in [2.75, 3.05) is 5.32 Å². The van der Waals surface area contributed by atoms with Gasteiger partial charge >= 0.3 is 0 Å². The van der Waals surface area contributed by atoms with Crippen LogP contribution >= 0.6 is 12.2 Å². The van der Waals surface area contributed by atoms with E-state index in [0.717, 1.165) is 5.69 Å². The van der Waals surface area contributed by atoms with Gasteiger partial charge in [0.15, 0.2) is 5.11 Å². The first-order valence-corrected chi connectivity index (χ1v) is 7.99. The van der Waals surface area contributed by atoms with Crippen LogP contribution in [0.3, 0.4) is 0 Å². The van der Waals surface area contributed by atoms with E-state index in [-0.39, 0.29) is 6.04 Å². The lowest BCUT2D eigenvalue weighted by atomic mass is 9.97. The van der Waals surface area contributed by atoms with Crippen molar-refractivity contribution in [3.8, 4) is 0 Å². The van der Waals surface area contributed by atoms with E-state index >= 15 is 0 Å². The predicted molar refractivity (Wildman–Crippen MR) is 99.6 cm³/mol. The molecule has 0 heterocycles. The predicted octanol–water partition coefficient (Wildman–Crippen LogP) is 4.97. The first kappa shape index (κ1) is 16.5. The van der Waals surface area contributed by atoms with Crippen LogP contribution in [0.4, 0.5) is 5.69 Å². The number of anilines is 1. The molecule has 2 aromatic rings. The molecule has 3 heteroatoms. The van der Waals surface area contributed by atoms with Gasteiger partial charge in [0, 0.05) is 5.69 Å². The Morgan fingerprint density at radius 2 is 1.50 bits per heavy atom. The van der Waals surface area contributed by atoms with Crippen molar-refractivity contribution in [3.05, 3.63) is 64.2 Å². The Labute approximate surface area is 139 Å². The molecule has 2 rings (SSSR count). The summed E-state index contributed by atoms with van der Waals surface area (Å²) in [7, 11) is 0. The number of aryl methyl sites for hydroxylation is 4. The molecule has 116 valence electrons. The normalized spacial score (nSPS) is 11.9. The van der Waals surface area contributed by atoms with Gasteiger partial charge in [0.05, 0.1) is 6.04 Å². The molecule has 0 unspecified atom stereocenters. The second-order valence-corrected chi connectivity index (χ2v) is 6.39. The minimum absolute atomic E-state index is 0.171. The maximum absolute atomic E-state index is 5.42. The molecule has 0 saturated carbocycles. The zero-order chi connectivity index (χ0) is 16.3. The molecule has 0 aromatic heterocycles. The van der Waals surface area contributed by atoms with Crippen LogP contribution in [0.15, 0.2) is 36.4 Å². The molecule has 0 saturated heterocycles. The van der Waals surface area contributed by atoms with E-state index < -0.39 is 0 Å². The van der Waals surface area contributed by atoms with Gasteiger partial charge in [-0.3, -0.25) is 0 Å². The van der Waals surface area contributed by atoms with Crippen molar-refractivity contribution >= 4 is 23.0 Å². The smallest absolute Gasteiger partial charge is 0.171 e. The average molecular weight is 312 g/mol. The molecule has 0 aliphatic carbocycles. The van der Waals surface area contributed by atoms with Gasteiger partial charge < -0.3 is 10.6 Å². The maximum Gasteiger partial charge on any atom is 0.171 e. The zero-order valence-corrected chi connectivity index (χ0v) is 14.8. The van der Waals surface area contributed by atoms with E-state index in [1.54, 1.807) is 0 Å². The molecule has 0 aliphatic heterocycles. The molecule has 0 amide bonds. The van der Waals surface area contributed by atoms with Crippen molar-refractivity contribution in [2.45, 2.75) is 40.7 Å². The van der Waals surface area contributed by atoms with Gasteiger partial charge in [-0.05, 0) is 81.2 Å². The maximum atomic E-state index is 5.42. The standard InChI is InChI=1S/C19H24N2S/c1-12-6-8-17(9-7-12)21-19(22)20-16(5)18-11-14(3)13(2)10-15(18)4/h6-11,16H,1-5H3,(H2,20,21,22)/t16-/m1/s1. The highest BCUT2D eigenvalue weighted by Gasteiger charge is 2.11. The quantitative estimate of drug-likeness (QED) is 0.783. The van der Waals surface area contributed by atoms with E-state index in [9.17, 15) is 0 Å². The van der Waals surface area contributed by atoms with Crippen LogP contribution in [0, 0.1) is 27.7 Å². The number of rotatable bonds is 3. The van der Waals surface area contributed by atoms with Crippen LogP contribution in [0.5, 0.6) is 0 Å². The molecule has 0 bridgehead atoms. The van der Waals surface area contributed by atoms with Crippen LogP contribution < -0.4 is 10.6 Å². The lowest BCUT2D eigenvalue weighted by Gasteiger charge is -2.20. The van der Waals surface area contributed by atoms with Crippen molar-refractivity contribution in [2.24, 2.45) is 0 Å². The van der Waals surface area contributed by atoms with Gasteiger partial charge in [-0.15, -0.1) is 0 Å². The van der Waals surface area contributed by atoms with Crippen molar-refractivity contribution < 1.29 is 0 Å². The first-order valence-electron chi connectivity index (χ1n) is 7.58. The monoisotopic (exact) mass is 312 g/mol. The minimum Gasteiger partial charge on any atom is -0.356 e. The number of thiocarbonyl (C=S) groups is 1. The number of benzene rings is 2. The highest BCUT2D eigenvalue weighted by molar-refractivity contribution is 7.80. The summed E-state index contributed by atoms with van der Waals surface area (Å²) in [5.74, 6) is 0. The van der Waals surface area contributed by atoms with E-state index in [1.807, 2.05) is 12.1 Å². The number of hydrogen-bond donors (Lipinski definition) is 2. The van der Waals surface area contributed by atoms with Crippen molar-refractivity contribution in [3.63, 3.8) is 0 Å². The Morgan fingerprint density at radius 1 is 0.909 bits per heavy atom. The third-order valence-electron chi connectivity index (χ3n) is 4.01. The lowest BCUT2D eigenvalue weighted by molar-refractivity contribution is 0.716. The third-order valence-corrected chi connectivity index (χ3v) is 4.23. The third kappa shape index (κ3) is 4.08. The summed E-state index contributed by atoms with van der Waals surface area (Å²) < 4.78 is 0. The van der Waals surface area contributed by atoms with Gasteiger partial charge in [-0.2, -0.15) is 0 Å². The average Bonchev–Trinajstić information content (AvgIpc) is 2.45. The van der Waals surface area contributed by atoms with E-state index in [1.165, 1.54) is 27.8 Å². The van der Waals surface area contributed by atoms with E-state index in [4.69, 9.17) is 12.2 Å². The molecule has 2 nitrogen and oxygen atoms in total. The summed E-state index contributed by atoms with van der Waals surface area (Å²) in [6.45, 7) is 10.7. The van der Waals surface area contributed by atoms with Crippen molar-refractivity contribution in [1.82, 2.24) is 5.32 Å².